The SMILES string of the molecule is Cc1cc(F)c(C2(CC(=O)O)CC2)cc1Br. The molecule has 1 aromatic carbocycles. The topological polar surface area (TPSA) is 37.3 Å². The molecule has 1 saturated carbocycles. The Kier molecular flexibility index (Phi) is 2.78. The van der Waals surface area contributed by atoms with Gasteiger partial charge in [0.15, 0.2) is 0 Å². The first-order chi connectivity index (χ1) is 7.44. The molecule has 0 aromatic heterocycles. The van der Waals surface area contributed by atoms with Gasteiger partial charge in [-0.15, -0.1) is 0 Å². The molecule has 16 heavy (non-hydrogen) atoms. The lowest BCUT2D eigenvalue weighted by molar-refractivity contribution is -0.137. The van der Waals surface area contributed by atoms with Crippen molar-refractivity contribution < 1.29 is 14.3 Å². The molecule has 0 bridgehead atoms. The van der Waals surface area contributed by atoms with Gasteiger partial charge >= 0.3 is 5.97 Å². The quantitative estimate of drug-likeness (QED) is 0.925. The first-order valence-electron chi connectivity index (χ1n) is 5.12. The van der Waals surface area contributed by atoms with E-state index in [2.05, 4.69) is 15.9 Å². The van der Waals surface area contributed by atoms with Crippen molar-refractivity contribution in [2.45, 2.75) is 31.6 Å². The minimum atomic E-state index is -0.867. The maximum absolute atomic E-state index is 13.8. The van der Waals surface area contributed by atoms with Crippen LogP contribution in [0.15, 0.2) is 16.6 Å². The monoisotopic (exact) mass is 286 g/mol. The Morgan fingerprint density at radius 3 is 2.69 bits per heavy atom. The number of aliphatic carboxylic acids is 1. The summed E-state index contributed by atoms with van der Waals surface area (Å²) in [5, 5.41) is 8.83. The van der Waals surface area contributed by atoms with Gasteiger partial charge < -0.3 is 5.11 Å². The molecule has 1 aliphatic rings. The Morgan fingerprint density at radius 1 is 1.56 bits per heavy atom. The summed E-state index contributed by atoms with van der Waals surface area (Å²) in [6, 6.07) is 3.18. The normalized spacial score (nSPS) is 17.2. The fraction of sp³-hybridized carbons (Fsp3) is 0.417. The summed E-state index contributed by atoms with van der Waals surface area (Å²) in [7, 11) is 0. The van der Waals surface area contributed by atoms with E-state index in [9.17, 15) is 9.18 Å². The highest BCUT2D eigenvalue weighted by Crippen LogP contribution is 2.52. The van der Waals surface area contributed by atoms with Crippen molar-refractivity contribution in [2.75, 3.05) is 0 Å². The maximum atomic E-state index is 13.8. The van der Waals surface area contributed by atoms with Crippen LogP contribution < -0.4 is 0 Å². The van der Waals surface area contributed by atoms with Crippen molar-refractivity contribution in [1.82, 2.24) is 0 Å². The van der Waals surface area contributed by atoms with Gasteiger partial charge in [-0.05, 0) is 43.0 Å². The second kappa shape index (κ2) is 3.84. The molecular formula is C12H12BrFO2. The van der Waals surface area contributed by atoms with Crippen LogP contribution in [-0.4, -0.2) is 11.1 Å². The smallest absolute Gasteiger partial charge is 0.304 e. The first kappa shape index (κ1) is 11.6. The van der Waals surface area contributed by atoms with Gasteiger partial charge in [0, 0.05) is 9.89 Å². The Morgan fingerprint density at radius 2 is 2.19 bits per heavy atom. The molecule has 0 unspecified atom stereocenters. The molecule has 0 spiro atoms. The number of carbonyl (C=O) groups is 1. The molecule has 2 nitrogen and oxygen atoms in total. The van der Waals surface area contributed by atoms with Crippen molar-refractivity contribution in [2.24, 2.45) is 0 Å². The van der Waals surface area contributed by atoms with E-state index in [1.165, 1.54) is 6.07 Å². The molecule has 0 radical (unpaired) electrons. The number of hydrogen-bond donors (Lipinski definition) is 1. The number of aryl methyl sites for hydroxylation is 1. The van der Waals surface area contributed by atoms with Crippen LogP contribution in [0.5, 0.6) is 0 Å². The average molecular weight is 287 g/mol. The van der Waals surface area contributed by atoms with Crippen molar-refractivity contribution >= 4 is 21.9 Å². The summed E-state index contributed by atoms with van der Waals surface area (Å²) in [4.78, 5) is 10.8. The molecule has 1 aromatic rings. The zero-order valence-corrected chi connectivity index (χ0v) is 10.5. The van der Waals surface area contributed by atoms with E-state index in [0.717, 1.165) is 22.9 Å². The van der Waals surface area contributed by atoms with E-state index >= 15 is 0 Å². The summed E-state index contributed by atoms with van der Waals surface area (Å²) in [6.07, 6.45) is 1.52. The fourth-order valence-corrected chi connectivity index (χ4v) is 2.38. The second-order valence-corrected chi connectivity index (χ2v) is 5.29. The van der Waals surface area contributed by atoms with E-state index in [1.807, 2.05) is 6.92 Å². The summed E-state index contributed by atoms with van der Waals surface area (Å²) in [5.74, 6) is -1.16. The Labute approximate surface area is 102 Å². The molecule has 1 fully saturated rings. The van der Waals surface area contributed by atoms with Crippen molar-refractivity contribution in [3.63, 3.8) is 0 Å². The van der Waals surface area contributed by atoms with Gasteiger partial charge in [-0.1, -0.05) is 15.9 Å². The summed E-state index contributed by atoms with van der Waals surface area (Å²) >= 11 is 3.35. The van der Waals surface area contributed by atoms with Crippen molar-refractivity contribution in [1.29, 1.82) is 0 Å². The third-order valence-corrected chi connectivity index (χ3v) is 4.02. The molecule has 86 valence electrons. The third-order valence-electron chi connectivity index (χ3n) is 3.16. The number of halogens is 2. The van der Waals surface area contributed by atoms with Gasteiger partial charge in [0.1, 0.15) is 5.82 Å². The van der Waals surface area contributed by atoms with Crippen molar-refractivity contribution in [3.05, 3.63) is 33.5 Å². The van der Waals surface area contributed by atoms with E-state index in [0.29, 0.717) is 5.56 Å². The molecule has 1 aliphatic carbocycles. The zero-order chi connectivity index (χ0) is 11.9. The number of rotatable bonds is 3. The largest absolute Gasteiger partial charge is 0.481 e. The molecule has 1 N–H and O–H groups in total. The highest BCUT2D eigenvalue weighted by molar-refractivity contribution is 9.10. The lowest BCUT2D eigenvalue weighted by atomic mass is 9.91. The number of carboxylic acids is 1. The molecule has 0 aliphatic heterocycles. The molecular weight excluding hydrogens is 275 g/mol. The first-order valence-corrected chi connectivity index (χ1v) is 5.92. The zero-order valence-electron chi connectivity index (χ0n) is 8.89. The van der Waals surface area contributed by atoms with Crippen LogP contribution in [0.2, 0.25) is 0 Å². The fourth-order valence-electron chi connectivity index (χ4n) is 2.03. The van der Waals surface area contributed by atoms with Gasteiger partial charge in [0.2, 0.25) is 0 Å². The second-order valence-electron chi connectivity index (χ2n) is 4.43. The minimum Gasteiger partial charge on any atom is -0.481 e. The average Bonchev–Trinajstić information content (AvgIpc) is 2.91. The molecule has 0 saturated heterocycles. The molecule has 0 heterocycles. The van der Waals surface area contributed by atoms with Crippen LogP contribution >= 0.6 is 15.9 Å². The predicted octanol–water partition coefficient (Wildman–Crippen LogP) is 3.40. The van der Waals surface area contributed by atoms with Gasteiger partial charge in [-0.3, -0.25) is 4.79 Å². The van der Waals surface area contributed by atoms with E-state index in [1.54, 1.807) is 6.07 Å². The Balaban J connectivity index is 2.41. The van der Waals surface area contributed by atoms with Crippen LogP contribution in [-0.2, 0) is 10.2 Å². The van der Waals surface area contributed by atoms with E-state index in [4.69, 9.17) is 5.11 Å². The highest BCUT2D eigenvalue weighted by Gasteiger charge is 2.47. The number of benzene rings is 1. The molecule has 4 heteroatoms. The van der Waals surface area contributed by atoms with Crippen LogP contribution in [0, 0.1) is 12.7 Å². The Bertz CT molecular complexity index is 453. The summed E-state index contributed by atoms with van der Waals surface area (Å²) in [5.41, 5.74) is 0.895. The summed E-state index contributed by atoms with van der Waals surface area (Å²) < 4.78 is 14.6. The van der Waals surface area contributed by atoms with Gasteiger partial charge in [-0.2, -0.15) is 0 Å². The van der Waals surface area contributed by atoms with E-state index < -0.39 is 11.4 Å². The number of hydrogen-bond acceptors (Lipinski definition) is 1. The lowest BCUT2D eigenvalue weighted by Crippen LogP contribution is -2.15. The standard InChI is InChI=1S/C12H12BrFO2/c1-7-4-10(14)8(5-9(7)13)12(2-3-12)6-11(15)16/h4-5H,2-3,6H2,1H3,(H,15,16). The highest BCUT2D eigenvalue weighted by atomic mass is 79.9. The Hall–Kier alpha value is -0.900. The van der Waals surface area contributed by atoms with Gasteiger partial charge in [0.05, 0.1) is 6.42 Å². The van der Waals surface area contributed by atoms with Crippen molar-refractivity contribution in [3.8, 4) is 0 Å². The summed E-state index contributed by atoms with van der Waals surface area (Å²) in [6.45, 7) is 1.81. The van der Waals surface area contributed by atoms with Crippen LogP contribution in [0.1, 0.15) is 30.4 Å². The molecule has 2 rings (SSSR count). The van der Waals surface area contributed by atoms with Crippen LogP contribution in [0.25, 0.3) is 0 Å². The van der Waals surface area contributed by atoms with Crippen LogP contribution in [0.3, 0.4) is 0 Å². The lowest BCUT2D eigenvalue weighted by Gasteiger charge is -2.15. The van der Waals surface area contributed by atoms with Gasteiger partial charge in [0.25, 0.3) is 0 Å². The maximum Gasteiger partial charge on any atom is 0.304 e. The predicted molar refractivity (Wildman–Crippen MR) is 62.0 cm³/mol. The van der Waals surface area contributed by atoms with Crippen LogP contribution in [0.4, 0.5) is 4.39 Å². The molecule has 0 amide bonds. The van der Waals surface area contributed by atoms with E-state index in [-0.39, 0.29) is 12.2 Å². The van der Waals surface area contributed by atoms with Gasteiger partial charge in [-0.25, -0.2) is 4.39 Å². The third kappa shape index (κ3) is 1.98. The minimum absolute atomic E-state index is 0.0133. The number of carboxylic acid groups (broad SMARTS) is 1. The molecule has 0 atom stereocenters.